The highest BCUT2D eigenvalue weighted by molar-refractivity contribution is 7.92. The van der Waals surface area contributed by atoms with Gasteiger partial charge in [0.2, 0.25) is 5.91 Å². The monoisotopic (exact) mass is 333 g/mol. The number of fused-ring (bicyclic) bond motifs is 1. The number of benzene rings is 1. The molecule has 0 spiro atoms. The summed E-state index contributed by atoms with van der Waals surface area (Å²) in [6.07, 6.45) is 2.02. The second-order valence-electron chi connectivity index (χ2n) is 5.23. The van der Waals surface area contributed by atoms with Crippen molar-refractivity contribution < 1.29 is 13.2 Å². The van der Waals surface area contributed by atoms with Crippen molar-refractivity contribution in [1.82, 2.24) is 4.98 Å². The summed E-state index contributed by atoms with van der Waals surface area (Å²) in [6.45, 7) is 2.02. The number of sulfonamides is 1. The van der Waals surface area contributed by atoms with Crippen molar-refractivity contribution in [2.45, 2.75) is 18.2 Å². The fourth-order valence-corrected chi connectivity index (χ4v) is 3.69. The van der Waals surface area contributed by atoms with E-state index in [1.165, 1.54) is 37.4 Å². The van der Waals surface area contributed by atoms with Crippen LogP contribution in [0.3, 0.4) is 0 Å². The van der Waals surface area contributed by atoms with Crippen LogP contribution in [-0.4, -0.2) is 25.9 Å². The lowest BCUT2D eigenvalue weighted by molar-refractivity contribution is -0.116. The molecule has 0 unspecified atom stereocenters. The van der Waals surface area contributed by atoms with Gasteiger partial charge in [0.1, 0.15) is 5.69 Å². The SMILES string of the molecule is CC(=O)N1CCc2cc(S(=O)(=O)Nc3ccc[nH]c3=O)ccc21. The average Bonchev–Trinajstić information content (AvgIpc) is 2.92. The Morgan fingerprint density at radius 1 is 1.30 bits per heavy atom. The zero-order valence-electron chi connectivity index (χ0n) is 12.4. The molecule has 1 aromatic heterocycles. The van der Waals surface area contributed by atoms with Crippen molar-refractivity contribution in [1.29, 1.82) is 0 Å². The van der Waals surface area contributed by atoms with E-state index in [4.69, 9.17) is 0 Å². The van der Waals surface area contributed by atoms with E-state index in [1.54, 1.807) is 11.0 Å². The lowest BCUT2D eigenvalue weighted by Crippen LogP contribution is -2.25. The Morgan fingerprint density at radius 2 is 2.09 bits per heavy atom. The number of pyridine rings is 1. The van der Waals surface area contributed by atoms with Gasteiger partial charge in [0.15, 0.2) is 0 Å². The van der Waals surface area contributed by atoms with Gasteiger partial charge in [-0.05, 0) is 42.3 Å². The molecule has 2 heterocycles. The predicted octanol–water partition coefficient (Wildman–Crippen LogP) is 1.08. The first-order chi connectivity index (χ1) is 10.9. The molecule has 0 atom stereocenters. The minimum atomic E-state index is -3.87. The van der Waals surface area contributed by atoms with Gasteiger partial charge in [-0.1, -0.05) is 0 Å². The van der Waals surface area contributed by atoms with E-state index in [0.29, 0.717) is 13.0 Å². The number of H-pyrrole nitrogens is 1. The molecule has 0 saturated carbocycles. The normalized spacial score (nSPS) is 13.7. The zero-order chi connectivity index (χ0) is 16.6. The number of carbonyl (C=O) groups excluding carboxylic acids is 1. The molecule has 2 N–H and O–H groups in total. The van der Waals surface area contributed by atoms with Crippen LogP contribution < -0.4 is 15.2 Å². The summed E-state index contributed by atoms with van der Waals surface area (Å²) in [5.41, 5.74) is 0.970. The lowest BCUT2D eigenvalue weighted by Gasteiger charge is -2.15. The molecular weight excluding hydrogens is 318 g/mol. The molecule has 0 bridgehead atoms. The molecule has 8 heteroatoms. The quantitative estimate of drug-likeness (QED) is 0.878. The van der Waals surface area contributed by atoms with Gasteiger partial charge in [-0.2, -0.15) is 0 Å². The number of anilines is 2. The van der Waals surface area contributed by atoms with Gasteiger partial charge in [0.05, 0.1) is 4.90 Å². The third-order valence-electron chi connectivity index (χ3n) is 3.70. The van der Waals surface area contributed by atoms with Crippen molar-refractivity contribution in [3.05, 3.63) is 52.4 Å². The fraction of sp³-hybridized carbons (Fsp3) is 0.200. The second kappa shape index (κ2) is 5.54. The molecule has 0 fully saturated rings. The Balaban J connectivity index is 1.95. The summed E-state index contributed by atoms with van der Waals surface area (Å²) in [4.78, 5) is 27.2. The molecule has 0 aliphatic carbocycles. The summed E-state index contributed by atoms with van der Waals surface area (Å²) >= 11 is 0. The van der Waals surface area contributed by atoms with Crippen molar-refractivity contribution in [2.75, 3.05) is 16.2 Å². The first-order valence-corrected chi connectivity index (χ1v) is 8.48. The number of carbonyl (C=O) groups is 1. The number of aromatic nitrogens is 1. The number of hydrogen-bond donors (Lipinski definition) is 2. The molecule has 3 rings (SSSR count). The van der Waals surface area contributed by atoms with Crippen LogP contribution in [0.25, 0.3) is 0 Å². The average molecular weight is 333 g/mol. The number of amides is 1. The second-order valence-corrected chi connectivity index (χ2v) is 6.91. The molecule has 23 heavy (non-hydrogen) atoms. The van der Waals surface area contributed by atoms with Crippen molar-refractivity contribution in [3.63, 3.8) is 0 Å². The van der Waals surface area contributed by atoms with E-state index in [-0.39, 0.29) is 16.5 Å². The largest absolute Gasteiger partial charge is 0.327 e. The Hall–Kier alpha value is -2.61. The van der Waals surface area contributed by atoms with E-state index < -0.39 is 15.6 Å². The van der Waals surface area contributed by atoms with Crippen LogP contribution in [0.5, 0.6) is 0 Å². The van der Waals surface area contributed by atoms with Crippen LogP contribution in [0, 0.1) is 0 Å². The zero-order valence-corrected chi connectivity index (χ0v) is 13.2. The summed E-state index contributed by atoms with van der Waals surface area (Å²) in [6, 6.07) is 7.51. The first-order valence-electron chi connectivity index (χ1n) is 7.00. The smallest absolute Gasteiger partial charge is 0.272 e. The van der Waals surface area contributed by atoms with Crippen molar-refractivity contribution >= 4 is 27.3 Å². The number of hydrogen-bond acceptors (Lipinski definition) is 4. The molecule has 7 nitrogen and oxygen atoms in total. The number of nitrogens with zero attached hydrogens (tertiary/aromatic N) is 1. The molecule has 0 saturated heterocycles. The van der Waals surface area contributed by atoms with Gasteiger partial charge in [-0.3, -0.25) is 14.3 Å². The molecule has 1 aromatic carbocycles. The lowest BCUT2D eigenvalue weighted by atomic mass is 10.2. The minimum Gasteiger partial charge on any atom is -0.327 e. The van der Waals surface area contributed by atoms with E-state index in [0.717, 1.165) is 11.3 Å². The maximum Gasteiger partial charge on any atom is 0.272 e. The van der Waals surface area contributed by atoms with Crippen molar-refractivity contribution in [3.8, 4) is 0 Å². The van der Waals surface area contributed by atoms with E-state index in [9.17, 15) is 18.0 Å². The van der Waals surface area contributed by atoms with Gasteiger partial charge in [0.25, 0.3) is 15.6 Å². The van der Waals surface area contributed by atoms with E-state index in [2.05, 4.69) is 9.71 Å². The van der Waals surface area contributed by atoms with Gasteiger partial charge in [-0.15, -0.1) is 0 Å². The van der Waals surface area contributed by atoms with E-state index >= 15 is 0 Å². The molecular formula is C15H15N3O4S. The molecule has 1 aliphatic heterocycles. The first kappa shape index (κ1) is 15.3. The number of aromatic amines is 1. The van der Waals surface area contributed by atoms with Crippen LogP contribution >= 0.6 is 0 Å². The molecule has 0 radical (unpaired) electrons. The topological polar surface area (TPSA) is 99.3 Å². The Bertz CT molecular complexity index is 934. The van der Waals surface area contributed by atoms with Crippen LogP contribution in [-0.2, 0) is 21.2 Å². The minimum absolute atomic E-state index is 0.0432. The molecule has 120 valence electrons. The number of nitrogens with one attached hydrogen (secondary N) is 2. The van der Waals surface area contributed by atoms with Crippen LogP contribution in [0.4, 0.5) is 11.4 Å². The van der Waals surface area contributed by atoms with Crippen LogP contribution in [0.1, 0.15) is 12.5 Å². The third-order valence-corrected chi connectivity index (χ3v) is 5.06. The highest BCUT2D eigenvalue weighted by Crippen LogP contribution is 2.30. The molecule has 2 aromatic rings. The summed E-state index contributed by atoms with van der Waals surface area (Å²) in [7, 11) is -3.87. The van der Waals surface area contributed by atoms with Gasteiger partial charge >= 0.3 is 0 Å². The van der Waals surface area contributed by atoms with Gasteiger partial charge in [0, 0.05) is 25.4 Å². The highest BCUT2D eigenvalue weighted by Gasteiger charge is 2.25. The standard InChI is InChI=1S/C15H15N3O4S/c1-10(19)18-8-6-11-9-12(4-5-14(11)18)23(21,22)17-13-3-2-7-16-15(13)20/h2-5,7,9,17H,6,8H2,1H3,(H,16,20). The predicted molar refractivity (Wildman–Crippen MR) is 86.0 cm³/mol. The maximum absolute atomic E-state index is 12.4. The highest BCUT2D eigenvalue weighted by atomic mass is 32.2. The van der Waals surface area contributed by atoms with E-state index in [1.807, 2.05) is 0 Å². The van der Waals surface area contributed by atoms with Crippen molar-refractivity contribution in [2.24, 2.45) is 0 Å². The Kier molecular flexibility index (Phi) is 3.69. The van der Waals surface area contributed by atoms with Crippen LogP contribution in [0.15, 0.2) is 46.2 Å². The Morgan fingerprint density at radius 3 is 2.78 bits per heavy atom. The summed E-state index contributed by atoms with van der Waals surface area (Å²) in [5.74, 6) is -0.0756. The molecule has 1 aliphatic rings. The fourth-order valence-electron chi connectivity index (χ4n) is 2.58. The van der Waals surface area contributed by atoms with Gasteiger partial charge in [-0.25, -0.2) is 8.42 Å². The van der Waals surface area contributed by atoms with Crippen LogP contribution in [0.2, 0.25) is 0 Å². The van der Waals surface area contributed by atoms with Gasteiger partial charge < -0.3 is 9.88 Å². The third kappa shape index (κ3) is 2.85. The molecule has 1 amide bonds. The number of rotatable bonds is 3. The summed E-state index contributed by atoms with van der Waals surface area (Å²) in [5, 5.41) is 0. The maximum atomic E-state index is 12.4. The Labute approximate surface area is 133 Å². The summed E-state index contributed by atoms with van der Waals surface area (Å²) < 4.78 is 27.1.